The Kier molecular flexibility index (Phi) is 24.3. The highest BCUT2D eigenvalue weighted by Gasteiger charge is 2.66. The van der Waals surface area contributed by atoms with Crippen molar-refractivity contribution in [3.63, 3.8) is 0 Å². The minimum absolute atomic E-state index is 0.0174. The average molecular weight is 1250 g/mol. The second kappa shape index (κ2) is 30.1. The standard InChI is InChI=1S/2C14H18O5.C12H14O4.C11H18O2.C10H16O2.C8H14O2/c1-6(2)13(16)19-12-8-3-7(9(12)4-15)11-10(8)5-18-14(11)17;1-7(2)13(15)18-4-3-17-11-8-5-9-10(6-8)14(16)19-12(9)11;1-5(2)11(13)15-9-6-3-7-8(4-6)12(14)16-10(7)9;1-4-11(7-5-6-8-11)13-10(12)9(2)3;1-8(2)9(11)12-10(3)6-4-5-7-10;1-6(2)7(9)10-8(3,4)5/h7-12,15H,1,3-5H2,2H3;8-12H,1,3-6H2,2H3;6-10H,1,3-4H2,2H3;2,4-8H2,1,3H3;1,4-7H2,2-3H3;1H2,2-5H3. The molecular formula is C69H98O20. The Morgan fingerprint density at radius 1 is 0.539 bits per heavy atom. The van der Waals surface area contributed by atoms with Crippen molar-refractivity contribution in [2.24, 2.45) is 65.1 Å². The van der Waals surface area contributed by atoms with E-state index in [0.29, 0.717) is 64.4 Å². The van der Waals surface area contributed by atoms with Crippen LogP contribution in [0.4, 0.5) is 0 Å². The first-order valence-electron chi connectivity index (χ1n) is 31.7. The fraction of sp³-hybridized carbons (Fsp3) is 0.696. The lowest BCUT2D eigenvalue weighted by molar-refractivity contribution is -0.158. The number of aliphatic hydroxyl groups is 1. The van der Waals surface area contributed by atoms with Gasteiger partial charge in [0.2, 0.25) is 0 Å². The maximum absolute atomic E-state index is 11.7. The molecule has 3 saturated heterocycles. The second-order valence-corrected chi connectivity index (χ2v) is 27.6. The molecule has 3 heterocycles. The highest BCUT2D eigenvalue weighted by Crippen LogP contribution is 2.59. The molecule has 20 heteroatoms. The number of aliphatic hydroxyl groups excluding tert-OH is 1. The van der Waals surface area contributed by atoms with E-state index in [9.17, 15) is 48.3 Å². The lowest BCUT2D eigenvalue weighted by Crippen LogP contribution is -2.43. The van der Waals surface area contributed by atoms with Crippen LogP contribution in [0.15, 0.2) is 72.9 Å². The SMILES string of the molecule is C=C(C)C(=O)OC(C)(C)C.C=C(C)C(=O)OC1(C)CCCC1.C=C(C)C(=O)OC1(CC)CCCC1.C=C(C)C(=O)OC1C2CC(C1CO)C1C(=O)OCC21.C=C(C)C(=O)OC1C2CC3C(=O)OC1C3C2.C=C(C)C(=O)OCCOC1C2CC3C(=O)OC1C3C2. The number of ether oxygens (including phenoxy) is 10. The fourth-order valence-electron chi connectivity index (χ4n) is 14.7. The van der Waals surface area contributed by atoms with Gasteiger partial charge in [0.05, 0.1) is 37.1 Å². The molecule has 20 nitrogen and oxygen atoms in total. The van der Waals surface area contributed by atoms with E-state index in [0.717, 1.165) is 64.2 Å². The molecule has 11 aliphatic rings. The van der Waals surface area contributed by atoms with Crippen LogP contribution in [0, 0.1) is 65.1 Å². The number of fused-ring (bicyclic) bond motifs is 7. The summed E-state index contributed by atoms with van der Waals surface area (Å²) in [5, 5.41) is 9.55. The van der Waals surface area contributed by atoms with Crippen LogP contribution in [0.3, 0.4) is 0 Å². The molecule has 16 atom stereocenters. The number of esters is 9. The van der Waals surface area contributed by atoms with Crippen LogP contribution in [-0.2, 0) is 90.5 Å². The molecule has 0 aromatic carbocycles. The van der Waals surface area contributed by atoms with Gasteiger partial charge in [-0.25, -0.2) is 28.8 Å². The lowest BCUT2D eigenvalue weighted by Gasteiger charge is -2.34. The molecule has 0 amide bonds. The van der Waals surface area contributed by atoms with Gasteiger partial charge in [0.1, 0.15) is 47.8 Å². The Balaban J connectivity index is 0.000000173. The van der Waals surface area contributed by atoms with Gasteiger partial charge in [0.25, 0.3) is 0 Å². The summed E-state index contributed by atoms with van der Waals surface area (Å²) in [6, 6.07) is 0. The van der Waals surface area contributed by atoms with Crippen LogP contribution in [0.1, 0.15) is 166 Å². The van der Waals surface area contributed by atoms with Crippen molar-refractivity contribution in [1.29, 1.82) is 0 Å². The minimum atomic E-state index is -0.419. The van der Waals surface area contributed by atoms with E-state index < -0.39 is 17.5 Å². The van der Waals surface area contributed by atoms with Crippen molar-refractivity contribution in [3.05, 3.63) is 72.9 Å². The summed E-state index contributed by atoms with van der Waals surface area (Å²) in [4.78, 5) is 102. The highest BCUT2D eigenvalue weighted by molar-refractivity contribution is 5.89. The molecule has 6 bridgehead atoms. The van der Waals surface area contributed by atoms with Gasteiger partial charge in [0.15, 0.2) is 0 Å². The van der Waals surface area contributed by atoms with E-state index in [-0.39, 0.29) is 144 Å². The number of hydrogen-bond acceptors (Lipinski definition) is 20. The summed E-state index contributed by atoms with van der Waals surface area (Å²) in [5.41, 5.74) is 1.77. The van der Waals surface area contributed by atoms with Crippen LogP contribution in [0.5, 0.6) is 0 Å². The van der Waals surface area contributed by atoms with Gasteiger partial charge >= 0.3 is 53.7 Å². The predicted molar refractivity (Wildman–Crippen MR) is 325 cm³/mol. The second-order valence-electron chi connectivity index (χ2n) is 27.6. The van der Waals surface area contributed by atoms with Crippen LogP contribution >= 0.6 is 0 Å². The molecule has 0 aromatic heterocycles. The Labute approximate surface area is 525 Å². The normalized spacial score (nSPS) is 32.0. The molecule has 1 N–H and O–H groups in total. The van der Waals surface area contributed by atoms with Crippen LogP contribution in [-0.4, -0.2) is 133 Å². The van der Waals surface area contributed by atoms with Gasteiger partial charge in [-0.1, -0.05) is 46.4 Å². The van der Waals surface area contributed by atoms with E-state index >= 15 is 0 Å². The summed E-state index contributed by atoms with van der Waals surface area (Å²) >= 11 is 0. The van der Waals surface area contributed by atoms with E-state index in [1.165, 1.54) is 25.7 Å². The van der Waals surface area contributed by atoms with Gasteiger partial charge in [-0.05, 0) is 171 Å². The van der Waals surface area contributed by atoms with Crippen LogP contribution in [0.25, 0.3) is 0 Å². The van der Waals surface area contributed by atoms with Gasteiger partial charge in [-0.3, -0.25) is 14.4 Å². The van der Waals surface area contributed by atoms with Gasteiger partial charge in [-0.2, -0.15) is 0 Å². The maximum atomic E-state index is 11.7. The Bertz CT molecular complexity index is 2750. The Morgan fingerprint density at radius 2 is 1.00 bits per heavy atom. The average Bonchev–Trinajstić information content (AvgIpc) is 1.61. The third-order valence-electron chi connectivity index (χ3n) is 19.2. The third kappa shape index (κ3) is 17.6. The zero-order chi connectivity index (χ0) is 66.2. The first-order chi connectivity index (χ1) is 41.6. The molecule has 494 valence electrons. The molecule has 89 heavy (non-hydrogen) atoms. The molecule has 16 unspecified atom stereocenters. The molecular weight excluding hydrogens is 1150 g/mol. The van der Waals surface area contributed by atoms with Crippen molar-refractivity contribution in [1.82, 2.24) is 0 Å². The smallest absolute Gasteiger partial charge is 0.333 e. The van der Waals surface area contributed by atoms with Crippen LogP contribution < -0.4 is 0 Å². The third-order valence-corrected chi connectivity index (χ3v) is 19.2. The molecule has 11 rings (SSSR count). The van der Waals surface area contributed by atoms with Crippen LogP contribution in [0.2, 0.25) is 0 Å². The Hall–Kier alpha value is -6.41. The zero-order valence-electron chi connectivity index (χ0n) is 54.4. The summed E-state index contributed by atoms with van der Waals surface area (Å²) in [5.74, 6) is -0.714. The van der Waals surface area contributed by atoms with Gasteiger partial charge in [0, 0.05) is 75.6 Å². The first-order valence-corrected chi connectivity index (χ1v) is 31.7. The van der Waals surface area contributed by atoms with Gasteiger partial charge in [-0.15, -0.1) is 0 Å². The largest absolute Gasteiger partial charge is 0.465 e. The molecule has 8 aliphatic carbocycles. The number of rotatable bonds is 16. The zero-order valence-corrected chi connectivity index (χ0v) is 54.4. The van der Waals surface area contributed by atoms with E-state index in [4.69, 9.17) is 47.4 Å². The summed E-state index contributed by atoms with van der Waals surface area (Å²) in [7, 11) is 0. The van der Waals surface area contributed by atoms with E-state index in [2.05, 4.69) is 46.4 Å². The molecule has 3 aliphatic heterocycles. The first kappa shape index (κ1) is 71.7. The summed E-state index contributed by atoms with van der Waals surface area (Å²) in [6.45, 7) is 41.6. The van der Waals surface area contributed by atoms with Crippen molar-refractivity contribution in [3.8, 4) is 0 Å². The summed E-state index contributed by atoms with van der Waals surface area (Å²) in [6.07, 6.45) is 13.3. The van der Waals surface area contributed by atoms with Crippen molar-refractivity contribution >= 4 is 53.7 Å². The number of carbonyl (C=O) groups excluding carboxylic acids is 9. The number of hydrogen-bond donors (Lipinski definition) is 1. The summed E-state index contributed by atoms with van der Waals surface area (Å²) < 4.78 is 53.1. The van der Waals surface area contributed by atoms with Crippen molar-refractivity contribution in [2.45, 2.75) is 213 Å². The quantitative estimate of drug-likeness (QED) is 0.0652. The Morgan fingerprint density at radius 3 is 1.46 bits per heavy atom. The topological polar surface area (TPSA) is 266 Å². The monoisotopic (exact) mass is 1250 g/mol. The lowest BCUT2D eigenvalue weighted by atomic mass is 9.74. The molecule has 0 spiro atoms. The molecule has 8 saturated carbocycles. The van der Waals surface area contributed by atoms with E-state index in [1.54, 1.807) is 41.5 Å². The molecule has 0 aromatic rings. The highest BCUT2D eigenvalue weighted by atomic mass is 16.6. The molecule has 11 fully saturated rings. The van der Waals surface area contributed by atoms with Gasteiger partial charge < -0.3 is 52.5 Å². The van der Waals surface area contributed by atoms with Crippen molar-refractivity contribution in [2.75, 3.05) is 26.4 Å². The van der Waals surface area contributed by atoms with Crippen molar-refractivity contribution < 1.29 is 95.6 Å². The predicted octanol–water partition coefficient (Wildman–Crippen LogP) is 9.82. The van der Waals surface area contributed by atoms with E-state index in [1.807, 2.05) is 27.7 Å². The molecule has 0 radical (unpaired) electrons. The number of cyclic esters (lactones) is 1. The minimum Gasteiger partial charge on any atom is -0.465 e. The fourth-order valence-corrected chi connectivity index (χ4v) is 14.7. The maximum Gasteiger partial charge on any atom is 0.333 e. The number of carbonyl (C=O) groups is 9.